The summed E-state index contributed by atoms with van der Waals surface area (Å²) in [5, 5.41) is 3.92. The van der Waals surface area contributed by atoms with E-state index < -0.39 is 0 Å². The quantitative estimate of drug-likeness (QED) is 0.751. The summed E-state index contributed by atoms with van der Waals surface area (Å²) >= 11 is 6.15. The van der Waals surface area contributed by atoms with Crippen LogP contribution < -0.4 is 5.32 Å². The van der Waals surface area contributed by atoms with Crippen LogP contribution in [-0.4, -0.2) is 33.0 Å². The number of halogens is 1. The Hall–Kier alpha value is -0.540. The van der Waals surface area contributed by atoms with Crippen LogP contribution in [0, 0.1) is 5.92 Å². The molecule has 0 fully saturated rings. The van der Waals surface area contributed by atoms with E-state index in [0.717, 1.165) is 11.6 Å². The number of rotatable bonds is 3. The van der Waals surface area contributed by atoms with Gasteiger partial charge in [-0.15, -0.1) is 0 Å². The molecule has 0 radical (unpaired) electrons. The second kappa shape index (κ2) is 4.63. The van der Waals surface area contributed by atoms with Crippen molar-refractivity contribution in [2.24, 2.45) is 10.9 Å². The summed E-state index contributed by atoms with van der Waals surface area (Å²) in [5.74, 6) is 0.909. The van der Waals surface area contributed by atoms with Crippen LogP contribution in [0.3, 0.4) is 0 Å². The van der Waals surface area contributed by atoms with Gasteiger partial charge in [0.05, 0.1) is 18.4 Å². The SMILES string of the molecule is CN[C@H](C)C1CN=CC(OC)=C1Cl. The summed E-state index contributed by atoms with van der Waals surface area (Å²) in [6.45, 7) is 2.81. The Bertz CT molecular complexity index is 238. The molecule has 0 saturated carbocycles. The molecule has 0 aromatic rings. The number of ether oxygens (including phenoxy) is 1. The third-order valence-corrected chi connectivity index (χ3v) is 2.82. The first kappa shape index (κ1) is 10.5. The highest BCUT2D eigenvalue weighted by Crippen LogP contribution is 2.26. The van der Waals surface area contributed by atoms with Crippen molar-refractivity contribution in [3.63, 3.8) is 0 Å². The van der Waals surface area contributed by atoms with E-state index in [1.54, 1.807) is 13.3 Å². The minimum absolute atomic E-state index is 0.228. The van der Waals surface area contributed by atoms with Crippen LogP contribution >= 0.6 is 11.6 Å². The van der Waals surface area contributed by atoms with E-state index >= 15 is 0 Å². The van der Waals surface area contributed by atoms with Crippen LogP contribution in [0.2, 0.25) is 0 Å². The van der Waals surface area contributed by atoms with Crippen molar-refractivity contribution in [2.75, 3.05) is 20.7 Å². The Morgan fingerprint density at radius 1 is 1.77 bits per heavy atom. The Morgan fingerprint density at radius 2 is 2.46 bits per heavy atom. The highest BCUT2D eigenvalue weighted by atomic mass is 35.5. The number of nitrogens with zero attached hydrogens (tertiary/aromatic N) is 1. The lowest BCUT2D eigenvalue weighted by Gasteiger charge is -2.24. The molecule has 1 unspecified atom stereocenters. The van der Waals surface area contributed by atoms with Gasteiger partial charge < -0.3 is 10.1 Å². The minimum Gasteiger partial charge on any atom is -0.494 e. The molecule has 1 N–H and O–H groups in total. The largest absolute Gasteiger partial charge is 0.494 e. The van der Waals surface area contributed by atoms with E-state index in [1.165, 1.54) is 0 Å². The van der Waals surface area contributed by atoms with E-state index in [9.17, 15) is 0 Å². The van der Waals surface area contributed by atoms with Crippen molar-refractivity contribution in [3.8, 4) is 0 Å². The lowest BCUT2D eigenvalue weighted by molar-refractivity contribution is 0.303. The van der Waals surface area contributed by atoms with Gasteiger partial charge in [-0.05, 0) is 14.0 Å². The smallest absolute Gasteiger partial charge is 0.151 e. The average Bonchev–Trinajstić information content (AvgIpc) is 2.17. The molecule has 0 saturated heterocycles. The number of dihydropyridines is 1. The summed E-state index contributed by atoms with van der Waals surface area (Å²) in [6.07, 6.45) is 1.68. The summed E-state index contributed by atoms with van der Waals surface area (Å²) in [7, 11) is 3.52. The lowest BCUT2D eigenvalue weighted by atomic mass is 9.99. The van der Waals surface area contributed by atoms with Crippen LogP contribution in [0.25, 0.3) is 0 Å². The normalized spacial score (nSPS) is 24.8. The molecule has 1 aliphatic heterocycles. The van der Waals surface area contributed by atoms with Crippen LogP contribution in [0.1, 0.15) is 6.92 Å². The maximum atomic E-state index is 6.15. The van der Waals surface area contributed by atoms with E-state index in [0.29, 0.717) is 11.8 Å². The second-order valence-electron chi connectivity index (χ2n) is 3.09. The first-order chi connectivity index (χ1) is 6.20. The topological polar surface area (TPSA) is 33.6 Å². The molecule has 0 bridgehead atoms. The van der Waals surface area contributed by atoms with Gasteiger partial charge in [-0.2, -0.15) is 0 Å². The molecule has 74 valence electrons. The maximum Gasteiger partial charge on any atom is 0.151 e. The van der Waals surface area contributed by atoms with Crippen LogP contribution in [0.15, 0.2) is 15.8 Å². The third kappa shape index (κ3) is 2.23. The van der Waals surface area contributed by atoms with Gasteiger partial charge in [0.2, 0.25) is 0 Å². The number of aliphatic imine (C=N–C) groups is 1. The Balaban J connectivity index is 2.80. The fraction of sp³-hybridized carbons (Fsp3) is 0.667. The highest BCUT2D eigenvalue weighted by molar-refractivity contribution is 6.31. The second-order valence-corrected chi connectivity index (χ2v) is 3.50. The molecule has 1 aliphatic rings. The van der Waals surface area contributed by atoms with E-state index in [2.05, 4.69) is 17.2 Å². The van der Waals surface area contributed by atoms with Crippen molar-refractivity contribution in [3.05, 3.63) is 10.8 Å². The monoisotopic (exact) mass is 202 g/mol. The maximum absolute atomic E-state index is 6.15. The fourth-order valence-corrected chi connectivity index (χ4v) is 1.69. The first-order valence-corrected chi connectivity index (χ1v) is 4.69. The van der Waals surface area contributed by atoms with E-state index in [4.69, 9.17) is 16.3 Å². The fourth-order valence-electron chi connectivity index (χ4n) is 1.30. The molecular weight excluding hydrogens is 188 g/mol. The Kier molecular flexibility index (Phi) is 3.75. The van der Waals surface area contributed by atoms with Crippen molar-refractivity contribution in [2.45, 2.75) is 13.0 Å². The molecule has 1 rings (SSSR count). The van der Waals surface area contributed by atoms with Gasteiger partial charge in [0, 0.05) is 18.5 Å². The highest BCUT2D eigenvalue weighted by Gasteiger charge is 2.24. The van der Waals surface area contributed by atoms with E-state index in [-0.39, 0.29) is 5.92 Å². The van der Waals surface area contributed by atoms with Gasteiger partial charge in [-0.3, -0.25) is 4.99 Å². The van der Waals surface area contributed by atoms with Crippen molar-refractivity contribution < 1.29 is 4.74 Å². The molecule has 0 aliphatic carbocycles. The van der Waals surface area contributed by atoms with Gasteiger partial charge in [0.15, 0.2) is 5.76 Å². The number of nitrogens with one attached hydrogen (secondary N) is 1. The number of hydrogen-bond acceptors (Lipinski definition) is 3. The molecule has 2 atom stereocenters. The molecule has 0 aromatic heterocycles. The zero-order valence-electron chi connectivity index (χ0n) is 8.17. The molecule has 3 nitrogen and oxygen atoms in total. The molecule has 13 heavy (non-hydrogen) atoms. The predicted molar refractivity (Wildman–Crippen MR) is 55.3 cm³/mol. The number of hydrogen-bond donors (Lipinski definition) is 1. The van der Waals surface area contributed by atoms with Crippen molar-refractivity contribution in [1.82, 2.24) is 5.32 Å². The van der Waals surface area contributed by atoms with Crippen LogP contribution in [0.4, 0.5) is 0 Å². The zero-order chi connectivity index (χ0) is 9.84. The molecular formula is C9H15ClN2O. The average molecular weight is 203 g/mol. The summed E-state index contributed by atoms with van der Waals surface area (Å²) in [4.78, 5) is 4.20. The Labute approximate surface area is 83.8 Å². The van der Waals surface area contributed by atoms with Gasteiger partial charge in [0.1, 0.15) is 0 Å². The van der Waals surface area contributed by atoms with Gasteiger partial charge in [-0.25, -0.2) is 0 Å². The molecule has 0 spiro atoms. The summed E-state index contributed by atoms with van der Waals surface area (Å²) < 4.78 is 5.10. The number of allylic oxidation sites excluding steroid dienone is 1. The van der Waals surface area contributed by atoms with Gasteiger partial charge in [0.25, 0.3) is 0 Å². The van der Waals surface area contributed by atoms with Crippen LogP contribution in [0.5, 0.6) is 0 Å². The van der Waals surface area contributed by atoms with Crippen molar-refractivity contribution in [1.29, 1.82) is 0 Å². The molecule has 0 amide bonds. The molecule has 1 heterocycles. The van der Waals surface area contributed by atoms with Crippen LogP contribution in [-0.2, 0) is 4.74 Å². The van der Waals surface area contributed by atoms with Crippen molar-refractivity contribution >= 4 is 17.8 Å². The van der Waals surface area contributed by atoms with E-state index in [1.807, 2.05) is 7.05 Å². The molecule has 4 heteroatoms. The first-order valence-electron chi connectivity index (χ1n) is 4.31. The third-order valence-electron chi connectivity index (χ3n) is 2.35. The predicted octanol–water partition coefficient (Wildman–Crippen LogP) is 1.39. The molecule has 0 aromatic carbocycles. The standard InChI is InChI=1S/C9H15ClN2O/c1-6(11-2)7-4-12-5-8(13-3)9(7)10/h5-7,11H,4H2,1-3H3/t6-,7?/m1/s1. The van der Waals surface area contributed by atoms with Gasteiger partial charge in [-0.1, -0.05) is 11.6 Å². The minimum atomic E-state index is 0.228. The zero-order valence-corrected chi connectivity index (χ0v) is 8.93. The number of methoxy groups -OCH3 is 1. The summed E-state index contributed by atoms with van der Waals surface area (Å²) in [6, 6.07) is 0.315. The van der Waals surface area contributed by atoms with Gasteiger partial charge >= 0.3 is 0 Å². The Morgan fingerprint density at radius 3 is 3.00 bits per heavy atom. The lowest BCUT2D eigenvalue weighted by Crippen LogP contribution is -2.34. The summed E-state index contributed by atoms with van der Waals surface area (Å²) in [5.41, 5.74) is 0.